The number of aliphatic carboxylic acids is 1. The third kappa shape index (κ3) is 2.11. The molecule has 1 N–H and O–H groups in total. The van der Waals surface area contributed by atoms with E-state index in [1.807, 2.05) is 17.0 Å². The van der Waals surface area contributed by atoms with E-state index in [2.05, 4.69) is 24.0 Å². The summed E-state index contributed by atoms with van der Waals surface area (Å²) in [4.78, 5) is 17.8. The zero-order valence-electron chi connectivity index (χ0n) is 11.5. The molecule has 0 unspecified atom stereocenters. The second kappa shape index (κ2) is 5.12. The molecule has 0 aliphatic carbocycles. The van der Waals surface area contributed by atoms with E-state index >= 15 is 0 Å². The predicted molar refractivity (Wildman–Crippen MR) is 79.1 cm³/mol. The van der Waals surface area contributed by atoms with Crippen molar-refractivity contribution >= 4 is 22.6 Å². The highest BCUT2D eigenvalue weighted by molar-refractivity contribution is 5.94. The van der Waals surface area contributed by atoms with Crippen molar-refractivity contribution in [3.63, 3.8) is 0 Å². The first-order valence-electron chi connectivity index (χ1n) is 7.08. The van der Waals surface area contributed by atoms with Crippen LogP contribution in [0.3, 0.4) is 0 Å². The van der Waals surface area contributed by atoms with E-state index in [1.165, 1.54) is 5.56 Å². The van der Waals surface area contributed by atoms with Crippen molar-refractivity contribution in [2.45, 2.75) is 32.2 Å². The maximum atomic E-state index is 11.4. The first-order valence-corrected chi connectivity index (χ1v) is 7.08. The highest BCUT2D eigenvalue weighted by atomic mass is 16.4. The molecule has 0 saturated carbocycles. The van der Waals surface area contributed by atoms with Gasteiger partial charge in [-0.2, -0.15) is 0 Å². The van der Waals surface area contributed by atoms with Crippen LogP contribution in [0, 0.1) is 0 Å². The van der Waals surface area contributed by atoms with Crippen LogP contribution in [0.25, 0.3) is 10.9 Å². The van der Waals surface area contributed by atoms with Crippen LogP contribution in [0.1, 0.15) is 25.3 Å². The number of pyridine rings is 1. The Kier molecular flexibility index (Phi) is 3.30. The molecule has 1 aromatic heterocycles. The lowest BCUT2D eigenvalue weighted by molar-refractivity contribution is -0.138. The van der Waals surface area contributed by atoms with Gasteiger partial charge in [0, 0.05) is 23.8 Å². The van der Waals surface area contributed by atoms with Gasteiger partial charge in [-0.05, 0) is 43.0 Å². The number of aryl methyl sites for hydroxylation is 1. The average Bonchev–Trinajstić information content (AvgIpc) is 2.95. The van der Waals surface area contributed by atoms with Crippen molar-refractivity contribution in [1.82, 2.24) is 4.98 Å². The number of hydrogen-bond acceptors (Lipinski definition) is 3. The summed E-state index contributed by atoms with van der Waals surface area (Å²) >= 11 is 0. The van der Waals surface area contributed by atoms with Crippen LogP contribution in [-0.4, -0.2) is 28.6 Å². The Hall–Kier alpha value is -2.10. The molecule has 1 aromatic carbocycles. The lowest BCUT2D eigenvalue weighted by atomic mass is 10.1. The molecule has 3 rings (SSSR count). The molecule has 0 amide bonds. The standard InChI is InChI=1S/C16H18N2O2/c1-2-11-5-6-13-12(10-11)14(7-8-17-13)18-9-3-4-15(18)16(19)20/h5-8,10,15H,2-4,9H2,1H3,(H,19,20)/t15-/m0/s1. The van der Waals surface area contributed by atoms with Crippen molar-refractivity contribution in [2.24, 2.45) is 0 Å². The second-order valence-corrected chi connectivity index (χ2v) is 5.22. The molecule has 4 heteroatoms. The van der Waals surface area contributed by atoms with Crippen LogP contribution < -0.4 is 4.90 Å². The number of carboxylic acids is 1. The minimum atomic E-state index is -0.737. The zero-order chi connectivity index (χ0) is 14.1. The lowest BCUT2D eigenvalue weighted by Gasteiger charge is -2.25. The van der Waals surface area contributed by atoms with E-state index in [-0.39, 0.29) is 0 Å². The van der Waals surface area contributed by atoms with Crippen LogP contribution >= 0.6 is 0 Å². The van der Waals surface area contributed by atoms with Gasteiger partial charge < -0.3 is 10.0 Å². The van der Waals surface area contributed by atoms with E-state index < -0.39 is 12.0 Å². The van der Waals surface area contributed by atoms with Gasteiger partial charge in [0.1, 0.15) is 6.04 Å². The van der Waals surface area contributed by atoms with Gasteiger partial charge in [0.25, 0.3) is 0 Å². The van der Waals surface area contributed by atoms with Crippen LogP contribution in [0.5, 0.6) is 0 Å². The molecule has 1 fully saturated rings. The van der Waals surface area contributed by atoms with Gasteiger partial charge in [0.2, 0.25) is 0 Å². The van der Waals surface area contributed by atoms with Crippen molar-refractivity contribution in [3.05, 3.63) is 36.0 Å². The fraction of sp³-hybridized carbons (Fsp3) is 0.375. The Morgan fingerprint density at radius 1 is 1.45 bits per heavy atom. The number of benzene rings is 1. The summed E-state index contributed by atoms with van der Waals surface area (Å²) in [5.74, 6) is -0.737. The molecule has 2 heterocycles. The van der Waals surface area contributed by atoms with Crippen LogP contribution in [0.2, 0.25) is 0 Å². The molecular weight excluding hydrogens is 252 g/mol. The van der Waals surface area contributed by atoms with Gasteiger partial charge in [-0.1, -0.05) is 13.0 Å². The molecule has 2 aromatic rings. The maximum Gasteiger partial charge on any atom is 0.326 e. The highest BCUT2D eigenvalue weighted by Gasteiger charge is 2.31. The molecule has 1 atom stereocenters. The van der Waals surface area contributed by atoms with E-state index in [0.29, 0.717) is 6.42 Å². The number of anilines is 1. The largest absolute Gasteiger partial charge is 0.480 e. The minimum Gasteiger partial charge on any atom is -0.480 e. The lowest BCUT2D eigenvalue weighted by Crippen LogP contribution is -2.36. The molecule has 4 nitrogen and oxygen atoms in total. The number of aromatic nitrogens is 1. The van der Waals surface area contributed by atoms with Crippen LogP contribution in [0.4, 0.5) is 5.69 Å². The molecule has 1 aliphatic rings. The monoisotopic (exact) mass is 270 g/mol. The van der Waals surface area contributed by atoms with Gasteiger partial charge in [-0.25, -0.2) is 4.79 Å². The molecule has 20 heavy (non-hydrogen) atoms. The van der Waals surface area contributed by atoms with E-state index in [4.69, 9.17) is 0 Å². The zero-order valence-corrected chi connectivity index (χ0v) is 11.5. The van der Waals surface area contributed by atoms with Crippen molar-refractivity contribution < 1.29 is 9.90 Å². The molecule has 0 radical (unpaired) electrons. The number of carboxylic acid groups (broad SMARTS) is 1. The Morgan fingerprint density at radius 3 is 3.05 bits per heavy atom. The van der Waals surface area contributed by atoms with E-state index in [1.54, 1.807) is 6.20 Å². The third-order valence-corrected chi connectivity index (χ3v) is 4.04. The second-order valence-electron chi connectivity index (χ2n) is 5.22. The first-order chi connectivity index (χ1) is 9.70. The summed E-state index contributed by atoms with van der Waals surface area (Å²) < 4.78 is 0. The molecule has 0 bridgehead atoms. The van der Waals surface area contributed by atoms with Gasteiger partial charge in [-0.3, -0.25) is 4.98 Å². The van der Waals surface area contributed by atoms with E-state index in [9.17, 15) is 9.90 Å². The van der Waals surface area contributed by atoms with E-state index in [0.717, 1.165) is 36.0 Å². The normalized spacial score (nSPS) is 18.6. The topological polar surface area (TPSA) is 53.4 Å². The van der Waals surface area contributed by atoms with Crippen LogP contribution in [-0.2, 0) is 11.2 Å². The summed E-state index contributed by atoms with van der Waals surface area (Å²) in [5, 5.41) is 10.4. The Bertz CT molecular complexity index is 654. The molecular formula is C16H18N2O2. The summed E-state index contributed by atoms with van der Waals surface area (Å²) in [5.41, 5.74) is 3.17. The summed E-state index contributed by atoms with van der Waals surface area (Å²) in [6.07, 6.45) is 4.37. The summed E-state index contributed by atoms with van der Waals surface area (Å²) in [7, 11) is 0. The Morgan fingerprint density at radius 2 is 2.30 bits per heavy atom. The summed E-state index contributed by atoms with van der Waals surface area (Å²) in [6, 6.07) is 7.75. The van der Waals surface area contributed by atoms with Gasteiger partial charge in [0.15, 0.2) is 0 Å². The molecule has 0 spiro atoms. The molecule has 1 aliphatic heterocycles. The number of rotatable bonds is 3. The van der Waals surface area contributed by atoms with Gasteiger partial charge >= 0.3 is 5.97 Å². The Labute approximate surface area is 118 Å². The Balaban J connectivity index is 2.13. The molecule has 104 valence electrons. The molecule has 1 saturated heterocycles. The quantitative estimate of drug-likeness (QED) is 0.931. The average molecular weight is 270 g/mol. The number of fused-ring (bicyclic) bond motifs is 1. The van der Waals surface area contributed by atoms with Gasteiger partial charge in [0.05, 0.1) is 5.52 Å². The van der Waals surface area contributed by atoms with Gasteiger partial charge in [-0.15, -0.1) is 0 Å². The van der Waals surface area contributed by atoms with Crippen LogP contribution in [0.15, 0.2) is 30.5 Å². The SMILES string of the molecule is CCc1ccc2nccc(N3CCC[C@H]3C(=O)O)c2c1. The minimum absolute atomic E-state index is 0.411. The third-order valence-electron chi connectivity index (χ3n) is 4.04. The summed E-state index contributed by atoms with van der Waals surface area (Å²) in [6.45, 7) is 2.92. The first kappa shape index (κ1) is 12.9. The number of hydrogen-bond donors (Lipinski definition) is 1. The number of nitrogens with zero attached hydrogens (tertiary/aromatic N) is 2. The van der Waals surface area contributed by atoms with Crippen molar-refractivity contribution in [1.29, 1.82) is 0 Å². The highest BCUT2D eigenvalue weighted by Crippen LogP contribution is 2.32. The maximum absolute atomic E-state index is 11.4. The fourth-order valence-corrected chi connectivity index (χ4v) is 2.96. The smallest absolute Gasteiger partial charge is 0.326 e. The number of carbonyl (C=O) groups is 1. The van der Waals surface area contributed by atoms with Crippen molar-refractivity contribution in [2.75, 3.05) is 11.4 Å². The fourth-order valence-electron chi connectivity index (χ4n) is 2.96. The predicted octanol–water partition coefficient (Wildman–Crippen LogP) is 2.85. The van der Waals surface area contributed by atoms with Crippen molar-refractivity contribution in [3.8, 4) is 0 Å².